The summed E-state index contributed by atoms with van der Waals surface area (Å²) in [5.41, 5.74) is 0.0422. The molecule has 0 aliphatic carbocycles. The normalized spacial score (nSPS) is 23.4. The van der Waals surface area contributed by atoms with Gasteiger partial charge in [0.15, 0.2) is 5.96 Å². The molecule has 2 heterocycles. The van der Waals surface area contributed by atoms with Crippen molar-refractivity contribution in [1.82, 2.24) is 20.9 Å². The summed E-state index contributed by atoms with van der Waals surface area (Å²) in [5, 5.41) is 9.18. The molecular formula is C17H32IN5O2. The molecule has 0 bridgehead atoms. The van der Waals surface area contributed by atoms with Crippen LogP contribution in [-0.2, 0) is 9.59 Å². The number of halogens is 1. The summed E-state index contributed by atoms with van der Waals surface area (Å²) in [4.78, 5) is 30.2. The maximum absolute atomic E-state index is 11.7. The van der Waals surface area contributed by atoms with Gasteiger partial charge in [0.25, 0.3) is 0 Å². The third kappa shape index (κ3) is 6.63. The highest BCUT2D eigenvalue weighted by Gasteiger charge is 2.42. The van der Waals surface area contributed by atoms with Gasteiger partial charge < -0.3 is 20.9 Å². The highest BCUT2D eigenvalue weighted by atomic mass is 127. The van der Waals surface area contributed by atoms with Crippen molar-refractivity contribution in [2.75, 3.05) is 32.7 Å². The molecule has 2 amide bonds. The van der Waals surface area contributed by atoms with Crippen LogP contribution in [0.25, 0.3) is 0 Å². The quantitative estimate of drug-likeness (QED) is 0.323. The van der Waals surface area contributed by atoms with Crippen molar-refractivity contribution in [2.45, 2.75) is 52.5 Å². The Bertz CT molecular complexity index is 497. The summed E-state index contributed by atoms with van der Waals surface area (Å²) in [7, 11) is 0. The standard InChI is InChI=1S/C17H31N5O2.HI/c1-4-18-16(19-8-6-14(23)21-13(2)3)22-9-5-7-17(12-22)10-15(24)20-11-17;/h13H,4-12H2,1-3H3,(H,18,19)(H,20,24)(H,21,23);1H. The second-order valence-corrected chi connectivity index (χ2v) is 7.19. The monoisotopic (exact) mass is 465 g/mol. The molecule has 2 rings (SSSR count). The largest absolute Gasteiger partial charge is 0.357 e. The van der Waals surface area contributed by atoms with Gasteiger partial charge in [-0.05, 0) is 33.6 Å². The predicted molar refractivity (Wildman–Crippen MR) is 110 cm³/mol. The van der Waals surface area contributed by atoms with Gasteiger partial charge in [0.2, 0.25) is 11.8 Å². The molecule has 7 nitrogen and oxygen atoms in total. The Kier molecular flexibility index (Phi) is 8.95. The van der Waals surface area contributed by atoms with E-state index in [1.54, 1.807) is 0 Å². The van der Waals surface area contributed by atoms with E-state index in [2.05, 4.69) is 25.8 Å². The van der Waals surface area contributed by atoms with E-state index in [4.69, 9.17) is 0 Å². The van der Waals surface area contributed by atoms with Crippen LogP contribution in [0.5, 0.6) is 0 Å². The van der Waals surface area contributed by atoms with E-state index in [0.717, 1.165) is 45.0 Å². The van der Waals surface area contributed by atoms with Crippen LogP contribution in [0.2, 0.25) is 0 Å². The van der Waals surface area contributed by atoms with Crippen LogP contribution in [0.1, 0.15) is 46.5 Å². The highest BCUT2D eigenvalue weighted by Crippen LogP contribution is 2.35. The number of rotatable bonds is 5. The highest BCUT2D eigenvalue weighted by molar-refractivity contribution is 14.0. The van der Waals surface area contributed by atoms with Crippen molar-refractivity contribution in [1.29, 1.82) is 0 Å². The number of piperidine rings is 1. The van der Waals surface area contributed by atoms with Gasteiger partial charge in [-0.15, -0.1) is 24.0 Å². The molecule has 2 aliphatic rings. The Morgan fingerprint density at radius 3 is 2.80 bits per heavy atom. The lowest BCUT2D eigenvalue weighted by molar-refractivity contribution is -0.121. The molecule has 8 heteroatoms. The maximum Gasteiger partial charge on any atom is 0.222 e. The van der Waals surface area contributed by atoms with Crippen molar-refractivity contribution in [3.05, 3.63) is 0 Å². The molecule has 0 saturated carbocycles. The lowest BCUT2D eigenvalue weighted by Gasteiger charge is -2.40. The van der Waals surface area contributed by atoms with Crippen LogP contribution in [-0.4, -0.2) is 61.4 Å². The first-order valence-electron chi connectivity index (χ1n) is 9.03. The van der Waals surface area contributed by atoms with Crippen LogP contribution in [0, 0.1) is 5.41 Å². The van der Waals surface area contributed by atoms with Gasteiger partial charge in [0.1, 0.15) is 0 Å². The van der Waals surface area contributed by atoms with E-state index in [1.807, 2.05) is 20.8 Å². The van der Waals surface area contributed by atoms with Crippen molar-refractivity contribution in [3.63, 3.8) is 0 Å². The SMILES string of the molecule is CCNC(=NCCC(=O)NC(C)C)N1CCCC2(CNC(=O)C2)C1.I. The molecule has 0 aromatic carbocycles. The number of guanidine groups is 1. The van der Waals surface area contributed by atoms with Gasteiger partial charge in [0, 0.05) is 50.5 Å². The number of carbonyl (C=O) groups is 2. The van der Waals surface area contributed by atoms with Crippen LogP contribution < -0.4 is 16.0 Å². The lowest BCUT2D eigenvalue weighted by Crippen LogP contribution is -2.51. The average Bonchev–Trinajstić information content (AvgIpc) is 2.86. The molecule has 2 saturated heterocycles. The smallest absolute Gasteiger partial charge is 0.222 e. The number of carbonyl (C=O) groups excluding carboxylic acids is 2. The molecule has 25 heavy (non-hydrogen) atoms. The van der Waals surface area contributed by atoms with Crippen LogP contribution >= 0.6 is 24.0 Å². The molecule has 0 radical (unpaired) electrons. The zero-order chi connectivity index (χ0) is 17.6. The van der Waals surface area contributed by atoms with Gasteiger partial charge in [-0.25, -0.2) is 0 Å². The number of hydrogen-bond donors (Lipinski definition) is 3. The maximum atomic E-state index is 11.7. The summed E-state index contributed by atoms with van der Waals surface area (Å²) in [6.07, 6.45) is 3.15. The molecule has 2 aliphatic heterocycles. The predicted octanol–water partition coefficient (Wildman–Crippen LogP) is 1.09. The van der Waals surface area contributed by atoms with E-state index in [0.29, 0.717) is 19.4 Å². The first-order chi connectivity index (χ1) is 11.4. The molecule has 3 N–H and O–H groups in total. The summed E-state index contributed by atoms with van der Waals surface area (Å²) in [6, 6.07) is 0.157. The number of amides is 2. The van der Waals surface area contributed by atoms with Gasteiger partial charge in [-0.3, -0.25) is 14.6 Å². The molecule has 144 valence electrons. The van der Waals surface area contributed by atoms with E-state index in [-0.39, 0.29) is 47.2 Å². The Balaban J connectivity index is 0.00000312. The van der Waals surface area contributed by atoms with E-state index in [9.17, 15) is 9.59 Å². The molecule has 2 fully saturated rings. The summed E-state index contributed by atoms with van der Waals surface area (Å²) >= 11 is 0. The minimum atomic E-state index is 0. The summed E-state index contributed by atoms with van der Waals surface area (Å²) in [6.45, 7) is 9.76. The number of aliphatic imine (C=N–C) groups is 1. The van der Waals surface area contributed by atoms with Crippen LogP contribution in [0.3, 0.4) is 0 Å². The van der Waals surface area contributed by atoms with Gasteiger partial charge in [-0.1, -0.05) is 0 Å². The van der Waals surface area contributed by atoms with Gasteiger partial charge in [-0.2, -0.15) is 0 Å². The first kappa shape index (κ1) is 22.0. The Morgan fingerprint density at radius 1 is 1.44 bits per heavy atom. The molecule has 0 aromatic rings. The third-order valence-electron chi connectivity index (χ3n) is 4.54. The van der Waals surface area contributed by atoms with E-state index >= 15 is 0 Å². The number of likely N-dealkylation sites (tertiary alicyclic amines) is 1. The number of nitrogens with one attached hydrogen (secondary N) is 3. The Morgan fingerprint density at radius 2 is 2.20 bits per heavy atom. The fourth-order valence-corrected chi connectivity index (χ4v) is 3.51. The lowest BCUT2D eigenvalue weighted by atomic mass is 9.79. The van der Waals surface area contributed by atoms with E-state index in [1.165, 1.54) is 0 Å². The average molecular weight is 465 g/mol. The molecular weight excluding hydrogens is 433 g/mol. The van der Waals surface area contributed by atoms with Crippen LogP contribution in [0.4, 0.5) is 0 Å². The molecule has 0 aromatic heterocycles. The van der Waals surface area contributed by atoms with Crippen molar-refractivity contribution in [3.8, 4) is 0 Å². The first-order valence-corrected chi connectivity index (χ1v) is 9.03. The third-order valence-corrected chi connectivity index (χ3v) is 4.54. The number of hydrogen-bond acceptors (Lipinski definition) is 3. The van der Waals surface area contributed by atoms with Crippen LogP contribution in [0.15, 0.2) is 4.99 Å². The Hall–Kier alpha value is -1.06. The van der Waals surface area contributed by atoms with Gasteiger partial charge in [0.05, 0.1) is 6.54 Å². The molecule has 1 unspecified atom stereocenters. The fourth-order valence-electron chi connectivity index (χ4n) is 3.51. The minimum Gasteiger partial charge on any atom is -0.357 e. The fraction of sp³-hybridized carbons (Fsp3) is 0.824. The topological polar surface area (TPSA) is 85.8 Å². The minimum absolute atomic E-state index is 0. The zero-order valence-corrected chi connectivity index (χ0v) is 17.9. The second kappa shape index (κ2) is 10.2. The molecule has 1 atom stereocenters. The number of nitrogens with zero attached hydrogens (tertiary/aromatic N) is 2. The second-order valence-electron chi connectivity index (χ2n) is 7.19. The zero-order valence-electron chi connectivity index (χ0n) is 15.6. The van der Waals surface area contributed by atoms with Crippen molar-refractivity contribution >= 4 is 41.8 Å². The molecule has 1 spiro atoms. The van der Waals surface area contributed by atoms with Gasteiger partial charge >= 0.3 is 0 Å². The van der Waals surface area contributed by atoms with E-state index < -0.39 is 0 Å². The summed E-state index contributed by atoms with van der Waals surface area (Å²) < 4.78 is 0. The summed E-state index contributed by atoms with van der Waals surface area (Å²) in [5.74, 6) is 1.04. The van der Waals surface area contributed by atoms with Crippen molar-refractivity contribution in [2.24, 2.45) is 10.4 Å². The van der Waals surface area contributed by atoms with Crippen molar-refractivity contribution < 1.29 is 9.59 Å². The Labute approximate surface area is 167 Å².